The molecular weight excluding hydrogens is 429 g/mol. The lowest BCUT2D eigenvalue weighted by Gasteiger charge is -2.18. The third kappa shape index (κ3) is 5.13. The van der Waals surface area contributed by atoms with E-state index in [2.05, 4.69) is 10.3 Å². The summed E-state index contributed by atoms with van der Waals surface area (Å²) in [4.78, 5) is 30.4. The highest BCUT2D eigenvalue weighted by molar-refractivity contribution is 8.00. The number of carbonyl (C=O) groups excluding carboxylic acids is 1. The highest BCUT2D eigenvalue weighted by Gasteiger charge is 2.20. The van der Waals surface area contributed by atoms with Crippen LogP contribution in [0.5, 0.6) is 0 Å². The van der Waals surface area contributed by atoms with Crippen LogP contribution in [-0.2, 0) is 11.3 Å². The van der Waals surface area contributed by atoms with Crippen molar-refractivity contribution in [2.45, 2.75) is 37.7 Å². The van der Waals surface area contributed by atoms with Gasteiger partial charge in [-0.2, -0.15) is 0 Å². The van der Waals surface area contributed by atoms with Gasteiger partial charge in [0.15, 0.2) is 5.16 Å². The van der Waals surface area contributed by atoms with E-state index in [1.165, 1.54) is 11.8 Å². The maximum Gasteiger partial charge on any atom is 0.262 e. The number of para-hydroxylation sites is 1. The number of carbonyl (C=O) groups is 1. The van der Waals surface area contributed by atoms with Gasteiger partial charge in [0.05, 0.1) is 26.9 Å². The second kappa shape index (κ2) is 9.20. The van der Waals surface area contributed by atoms with Gasteiger partial charge in [-0.3, -0.25) is 14.2 Å². The minimum Gasteiger partial charge on any atom is -0.324 e. The van der Waals surface area contributed by atoms with Crippen LogP contribution in [0.25, 0.3) is 10.9 Å². The summed E-state index contributed by atoms with van der Waals surface area (Å²) in [7, 11) is 0. The Bertz CT molecular complexity index is 1110. The number of anilines is 1. The molecule has 0 radical (unpaired) electrons. The van der Waals surface area contributed by atoms with Gasteiger partial charge in [0.1, 0.15) is 0 Å². The van der Waals surface area contributed by atoms with Gasteiger partial charge in [0, 0.05) is 11.6 Å². The molecule has 0 aliphatic heterocycles. The number of rotatable bonds is 6. The lowest BCUT2D eigenvalue weighted by molar-refractivity contribution is -0.115. The summed E-state index contributed by atoms with van der Waals surface area (Å²) in [6.45, 7) is 6.32. The normalized spacial score (nSPS) is 12.3. The fourth-order valence-corrected chi connectivity index (χ4v) is 4.07. The first-order chi connectivity index (χ1) is 13.8. The zero-order chi connectivity index (χ0) is 21.1. The highest BCUT2D eigenvalue weighted by Crippen LogP contribution is 2.27. The fourth-order valence-electron chi connectivity index (χ4n) is 2.80. The van der Waals surface area contributed by atoms with Crippen LogP contribution < -0.4 is 10.9 Å². The minimum absolute atomic E-state index is 0.160. The number of nitrogens with zero attached hydrogens (tertiary/aromatic N) is 2. The Hall–Kier alpha value is -2.02. The molecule has 0 saturated heterocycles. The second-order valence-corrected chi connectivity index (χ2v) is 9.25. The van der Waals surface area contributed by atoms with Gasteiger partial charge in [0.25, 0.3) is 5.56 Å². The van der Waals surface area contributed by atoms with E-state index >= 15 is 0 Å². The molecule has 152 valence electrons. The van der Waals surface area contributed by atoms with Gasteiger partial charge in [-0.25, -0.2) is 4.98 Å². The zero-order valence-electron chi connectivity index (χ0n) is 16.3. The summed E-state index contributed by atoms with van der Waals surface area (Å²) < 4.78 is 1.62. The summed E-state index contributed by atoms with van der Waals surface area (Å²) in [6.07, 6.45) is 0. The maximum atomic E-state index is 13.1. The number of amides is 1. The van der Waals surface area contributed by atoms with Crippen molar-refractivity contribution in [1.82, 2.24) is 9.55 Å². The highest BCUT2D eigenvalue weighted by atomic mass is 35.5. The summed E-state index contributed by atoms with van der Waals surface area (Å²) >= 11 is 13.4. The van der Waals surface area contributed by atoms with Crippen LogP contribution in [0, 0.1) is 5.92 Å². The van der Waals surface area contributed by atoms with Crippen molar-refractivity contribution >= 4 is 57.5 Å². The number of nitrogens with one attached hydrogen (secondary N) is 1. The first kappa shape index (κ1) is 21.7. The number of halogens is 2. The molecule has 29 heavy (non-hydrogen) atoms. The lowest BCUT2D eigenvalue weighted by atomic mass is 10.2. The molecule has 3 rings (SSSR count). The number of fused-ring (bicyclic) bond motifs is 1. The molecule has 5 nitrogen and oxygen atoms in total. The molecule has 2 aromatic carbocycles. The summed E-state index contributed by atoms with van der Waals surface area (Å²) in [5, 5.41) is 4.26. The van der Waals surface area contributed by atoms with Crippen molar-refractivity contribution in [3.05, 3.63) is 62.9 Å². The van der Waals surface area contributed by atoms with E-state index in [0.717, 1.165) is 0 Å². The van der Waals surface area contributed by atoms with Crippen molar-refractivity contribution in [3.63, 3.8) is 0 Å². The van der Waals surface area contributed by atoms with E-state index in [9.17, 15) is 9.59 Å². The van der Waals surface area contributed by atoms with Crippen LogP contribution in [0.15, 0.2) is 52.4 Å². The van der Waals surface area contributed by atoms with E-state index in [1.807, 2.05) is 13.8 Å². The van der Waals surface area contributed by atoms with Crippen LogP contribution >= 0.6 is 35.0 Å². The molecule has 0 aliphatic rings. The first-order valence-corrected chi connectivity index (χ1v) is 10.8. The molecule has 0 saturated carbocycles. The van der Waals surface area contributed by atoms with Crippen molar-refractivity contribution in [2.75, 3.05) is 5.32 Å². The average molecular weight is 450 g/mol. The molecule has 0 bridgehead atoms. The molecule has 3 aromatic rings. The van der Waals surface area contributed by atoms with Crippen molar-refractivity contribution in [1.29, 1.82) is 0 Å². The van der Waals surface area contributed by atoms with Gasteiger partial charge < -0.3 is 5.32 Å². The zero-order valence-corrected chi connectivity index (χ0v) is 18.6. The van der Waals surface area contributed by atoms with Gasteiger partial charge in [-0.05, 0) is 43.2 Å². The number of hydrogen-bond acceptors (Lipinski definition) is 4. The maximum absolute atomic E-state index is 13.1. The van der Waals surface area contributed by atoms with Crippen LogP contribution in [-0.4, -0.2) is 20.7 Å². The summed E-state index contributed by atoms with van der Waals surface area (Å²) in [5.74, 6) is 0.0161. The monoisotopic (exact) mass is 449 g/mol. The Morgan fingerprint density at radius 3 is 2.59 bits per heavy atom. The molecule has 1 heterocycles. The van der Waals surface area contributed by atoms with Crippen molar-refractivity contribution in [3.8, 4) is 0 Å². The number of benzene rings is 2. The Balaban J connectivity index is 1.93. The Labute approximate surface area is 183 Å². The smallest absolute Gasteiger partial charge is 0.262 e. The third-order valence-electron chi connectivity index (χ3n) is 4.21. The van der Waals surface area contributed by atoms with Crippen molar-refractivity contribution in [2.24, 2.45) is 5.92 Å². The summed E-state index contributed by atoms with van der Waals surface area (Å²) in [5.41, 5.74) is 0.945. The van der Waals surface area contributed by atoms with Crippen LogP contribution in [0.2, 0.25) is 10.0 Å². The predicted octanol–water partition coefficient (Wildman–Crippen LogP) is 5.48. The SMILES string of the molecule is CC(C)Cn1c(SC(C)C(=O)Nc2ccccc2Cl)nc2ccc(Cl)cc2c1=O. The van der Waals surface area contributed by atoms with Gasteiger partial charge >= 0.3 is 0 Å². The fraction of sp³-hybridized carbons (Fsp3) is 0.286. The van der Waals surface area contributed by atoms with Crippen LogP contribution in [0.4, 0.5) is 5.69 Å². The average Bonchev–Trinajstić information content (AvgIpc) is 2.67. The molecule has 1 unspecified atom stereocenters. The molecule has 0 fully saturated rings. The quantitative estimate of drug-likeness (QED) is 0.399. The molecule has 1 N–H and O–H groups in total. The molecule has 0 spiro atoms. The molecule has 1 aromatic heterocycles. The van der Waals surface area contributed by atoms with E-state index < -0.39 is 5.25 Å². The van der Waals surface area contributed by atoms with Crippen molar-refractivity contribution < 1.29 is 4.79 Å². The van der Waals surface area contributed by atoms with E-state index in [1.54, 1.807) is 54.0 Å². The molecule has 0 aliphatic carbocycles. The number of thioether (sulfide) groups is 1. The standard InChI is InChI=1S/C21H21Cl2N3O2S/c1-12(2)11-26-20(28)15-10-14(22)8-9-17(15)25-21(26)29-13(3)19(27)24-18-7-5-4-6-16(18)23/h4-10,12-13H,11H2,1-3H3,(H,24,27). The van der Waals surface area contributed by atoms with Gasteiger partial charge in [-0.15, -0.1) is 0 Å². The number of aromatic nitrogens is 2. The Kier molecular flexibility index (Phi) is 6.88. The minimum atomic E-state index is -0.485. The molecule has 1 atom stereocenters. The third-order valence-corrected chi connectivity index (χ3v) is 5.87. The van der Waals surface area contributed by atoms with E-state index in [4.69, 9.17) is 23.2 Å². The Morgan fingerprint density at radius 1 is 1.17 bits per heavy atom. The molecule has 1 amide bonds. The largest absolute Gasteiger partial charge is 0.324 e. The van der Waals surface area contributed by atoms with Gasteiger partial charge in [0.2, 0.25) is 5.91 Å². The predicted molar refractivity (Wildman–Crippen MR) is 121 cm³/mol. The molecule has 8 heteroatoms. The lowest BCUT2D eigenvalue weighted by Crippen LogP contribution is -2.28. The van der Waals surface area contributed by atoms with E-state index in [-0.39, 0.29) is 17.4 Å². The second-order valence-electron chi connectivity index (χ2n) is 7.09. The topological polar surface area (TPSA) is 64.0 Å². The van der Waals surface area contributed by atoms with Crippen LogP contribution in [0.1, 0.15) is 20.8 Å². The van der Waals surface area contributed by atoms with Crippen LogP contribution in [0.3, 0.4) is 0 Å². The van der Waals surface area contributed by atoms with E-state index in [0.29, 0.717) is 38.3 Å². The number of hydrogen-bond donors (Lipinski definition) is 1. The molecular formula is C21H21Cl2N3O2S. The summed E-state index contributed by atoms with van der Waals surface area (Å²) in [6, 6.07) is 12.1. The Morgan fingerprint density at radius 2 is 1.90 bits per heavy atom. The van der Waals surface area contributed by atoms with Gasteiger partial charge in [-0.1, -0.05) is 60.9 Å². The first-order valence-electron chi connectivity index (χ1n) is 9.18.